The molecule has 1 aliphatic rings. The van der Waals surface area contributed by atoms with E-state index >= 15 is 0 Å². The van der Waals surface area contributed by atoms with Crippen molar-refractivity contribution in [3.8, 4) is 11.8 Å². The van der Waals surface area contributed by atoms with Crippen LogP contribution in [0.1, 0.15) is 36.2 Å². The van der Waals surface area contributed by atoms with Gasteiger partial charge in [-0.05, 0) is 36.5 Å². The minimum absolute atomic E-state index is 0.0253. The zero-order valence-corrected chi connectivity index (χ0v) is 13.2. The second-order valence-electron chi connectivity index (χ2n) is 5.65. The molecule has 2 atom stereocenters. The Kier molecular flexibility index (Phi) is 5.27. The number of amides is 1. The SMILES string of the molecule is CC1CCN(C(=O)c2ccc(C#CCO)c(Cl)c2)CC1C. The highest BCUT2D eigenvalue weighted by Crippen LogP contribution is 2.25. The summed E-state index contributed by atoms with van der Waals surface area (Å²) in [5.74, 6) is 6.53. The van der Waals surface area contributed by atoms with Gasteiger partial charge in [-0.2, -0.15) is 0 Å². The van der Waals surface area contributed by atoms with E-state index in [0.29, 0.717) is 28.0 Å². The van der Waals surface area contributed by atoms with Crippen LogP contribution in [0, 0.1) is 23.7 Å². The molecule has 1 saturated heterocycles. The molecule has 0 radical (unpaired) electrons. The number of aliphatic hydroxyl groups is 1. The van der Waals surface area contributed by atoms with E-state index in [-0.39, 0.29) is 12.5 Å². The lowest BCUT2D eigenvalue weighted by molar-refractivity contribution is 0.0627. The Labute approximate surface area is 130 Å². The lowest BCUT2D eigenvalue weighted by Crippen LogP contribution is -2.42. The quantitative estimate of drug-likeness (QED) is 0.811. The summed E-state index contributed by atoms with van der Waals surface area (Å²) in [7, 11) is 0. The number of rotatable bonds is 1. The Balaban J connectivity index is 2.15. The number of hydrogen-bond acceptors (Lipinski definition) is 2. The molecule has 112 valence electrons. The molecular weight excluding hydrogens is 286 g/mol. The summed E-state index contributed by atoms with van der Waals surface area (Å²) in [6, 6.07) is 5.14. The Bertz CT molecular complexity index is 588. The predicted octanol–water partition coefficient (Wildman–Crippen LogP) is 2.80. The van der Waals surface area contributed by atoms with Crippen LogP contribution < -0.4 is 0 Å². The summed E-state index contributed by atoms with van der Waals surface area (Å²) < 4.78 is 0. The van der Waals surface area contributed by atoms with Gasteiger partial charge in [0.15, 0.2) is 0 Å². The molecule has 1 amide bonds. The second kappa shape index (κ2) is 6.98. The fourth-order valence-corrected chi connectivity index (χ4v) is 2.74. The minimum atomic E-state index is -0.207. The lowest BCUT2D eigenvalue weighted by atomic mass is 9.88. The van der Waals surface area contributed by atoms with Crippen molar-refractivity contribution in [2.45, 2.75) is 20.3 Å². The predicted molar refractivity (Wildman–Crippen MR) is 84.3 cm³/mol. The van der Waals surface area contributed by atoms with Gasteiger partial charge < -0.3 is 10.0 Å². The highest BCUT2D eigenvalue weighted by atomic mass is 35.5. The van der Waals surface area contributed by atoms with Crippen LogP contribution in [-0.2, 0) is 0 Å². The number of halogens is 1. The first-order chi connectivity index (χ1) is 10.0. The summed E-state index contributed by atoms with van der Waals surface area (Å²) in [4.78, 5) is 14.4. The third-order valence-corrected chi connectivity index (χ3v) is 4.45. The van der Waals surface area contributed by atoms with E-state index in [1.54, 1.807) is 18.2 Å². The maximum absolute atomic E-state index is 12.5. The molecule has 0 spiro atoms. The molecule has 2 unspecified atom stereocenters. The number of carbonyl (C=O) groups is 1. The van der Waals surface area contributed by atoms with Crippen LogP contribution in [0.25, 0.3) is 0 Å². The maximum atomic E-state index is 12.5. The van der Waals surface area contributed by atoms with Gasteiger partial charge in [0.05, 0.1) is 5.02 Å². The fraction of sp³-hybridized carbons (Fsp3) is 0.471. The van der Waals surface area contributed by atoms with Crippen LogP contribution in [-0.4, -0.2) is 35.6 Å². The fourth-order valence-electron chi connectivity index (χ4n) is 2.51. The molecule has 21 heavy (non-hydrogen) atoms. The normalized spacial score (nSPS) is 21.6. The summed E-state index contributed by atoms with van der Waals surface area (Å²) >= 11 is 6.15. The smallest absolute Gasteiger partial charge is 0.253 e. The molecule has 0 aliphatic carbocycles. The highest BCUT2D eigenvalue weighted by Gasteiger charge is 2.26. The average molecular weight is 306 g/mol. The Hall–Kier alpha value is -1.50. The Morgan fingerprint density at radius 2 is 2.19 bits per heavy atom. The highest BCUT2D eigenvalue weighted by molar-refractivity contribution is 6.32. The molecule has 0 saturated carbocycles. The molecule has 1 aliphatic heterocycles. The summed E-state index contributed by atoms with van der Waals surface area (Å²) in [5.41, 5.74) is 1.22. The number of nitrogens with zero attached hydrogens (tertiary/aromatic N) is 1. The third kappa shape index (κ3) is 3.78. The maximum Gasteiger partial charge on any atom is 0.253 e. The van der Waals surface area contributed by atoms with Gasteiger partial charge in [0.2, 0.25) is 0 Å². The monoisotopic (exact) mass is 305 g/mol. The Morgan fingerprint density at radius 1 is 1.43 bits per heavy atom. The molecule has 0 bridgehead atoms. The molecule has 1 N–H and O–H groups in total. The van der Waals surface area contributed by atoms with E-state index in [0.717, 1.165) is 19.5 Å². The van der Waals surface area contributed by atoms with Gasteiger partial charge >= 0.3 is 0 Å². The van der Waals surface area contributed by atoms with E-state index < -0.39 is 0 Å². The van der Waals surface area contributed by atoms with Gasteiger partial charge in [-0.15, -0.1) is 0 Å². The van der Waals surface area contributed by atoms with Crippen molar-refractivity contribution in [2.24, 2.45) is 11.8 Å². The first-order valence-electron chi connectivity index (χ1n) is 7.21. The van der Waals surface area contributed by atoms with Gasteiger partial charge in [-0.1, -0.05) is 37.3 Å². The standard InChI is InChI=1S/C17H20ClNO2/c1-12-7-8-19(11-13(12)2)17(21)15-6-5-14(4-3-9-20)16(18)10-15/h5-6,10,12-13,20H,7-9,11H2,1-2H3. The van der Waals surface area contributed by atoms with E-state index in [1.165, 1.54) is 0 Å². The molecule has 2 rings (SSSR count). The van der Waals surface area contributed by atoms with Crippen molar-refractivity contribution in [3.05, 3.63) is 34.3 Å². The number of likely N-dealkylation sites (tertiary alicyclic amines) is 1. The van der Waals surface area contributed by atoms with Crippen LogP contribution in [0.3, 0.4) is 0 Å². The van der Waals surface area contributed by atoms with Crippen molar-refractivity contribution < 1.29 is 9.90 Å². The number of piperidine rings is 1. The zero-order valence-electron chi connectivity index (χ0n) is 12.4. The average Bonchev–Trinajstić information content (AvgIpc) is 2.48. The third-order valence-electron chi connectivity index (χ3n) is 4.14. The molecule has 1 aromatic rings. The summed E-state index contributed by atoms with van der Waals surface area (Å²) in [6.07, 6.45) is 1.04. The first kappa shape index (κ1) is 15.9. The van der Waals surface area contributed by atoms with E-state index in [4.69, 9.17) is 16.7 Å². The van der Waals surface area contributed by atoms with Gasteiger partial charge in [0.25, 0.3) is 5.91 Å². The van der Waals surface area contributed by atoms with E-state index in [1.807, 2.05) is 4.90 Å². The van der Waals surface area contributed by atoms with Crippen LogP contribution in [0.2, 0.25) is 5.02 Å². The zero-order chi connectivity index (χ0) is 15.4. The van der Waals surface area contributed by atoms with Crippen LogP contribution >= 0.6 is 11.6 Å². The first-order valence-corrected chi connectivity index (χ1v) is 7.59. The van der Waals surface area contributed by atoms with Crippen molar-refractivity contribution in [3.63, 3.8) is 0 Å². The van der Waals surface area contributed by atoms with Gasteiger partial charge in [0, 0.05) is 24.2 Å². The molecule has 4 heteroatoms. The number of carbonyl (C=O) groups excluding carboxylic acids is 1. The van der Waals surface area contributed by atoms with Crippen LogP contribution in [0.5, 0.6) is 0 Å². The second-order valence-corrected chi connectivity index (χ2v) is 6.06. The van der Waals surface area contributed by atoms with Gasteiger partial charge in [-0.3, -0.25) is 4.79 Å². The summed E-state index contributed by atoms with van der Waals surface area (Å²) in [6.45, 7) is 5.81. The van der Waals surface area contributed by atoms with Crippen LogP contribution in [0.15, 0.2) is 18.2 Å². The van der Waals surface area contributed by atoms with Crippen molar-refractivity contribution in [1.29, 1.82) is 0 Å². The van der Waals surface area contributed by atoms with E-state index in [2.05, 4.69) is 25.7 Å². The molecule has 1 heterocycles. The van der Waals surface area contributed by atoms with Gasteiger partial charge in [-0.25, -0.2) is 0 Å². The van der Waals surface area contributed by atoms with Crippen molar-refractivity contribution in [1.82, 2.24) is 4.90 Å². The lowest BCUT2D eigenvalue weighted by Gasteiger charge is -2.35. The largest absolute Gasteiger partial charge is 0.384 e. The van der Waals surface area contributed by atoms with Crippen LogP contribution in [0.4, 0.5) is 0 Å². The van der Waals surface area contributed by atoms with Crippen molar-refractivity contribution in [2.75, 3.05) is 19.7 Å². The van der Waals surface area contributed by atoms with Crippen molar-refractivity contribution >= 4 is 17.5 Å². The summed E-state index contributed by atoms with van der Waals surface area (Å²) in [5, 5.41) is 9.14. The number of hydrogen-bond donors (Lipinski definition) is 1. The van der Waals surface area contributed by atoms with Gasteiger partial charge in [0.1, 0.15) is 6.61 Å². The minimum Gasteiger partial charge on any atom is -0.384 e. The Morgan fingerprint density at radius 3 is 2.81 bits per heavy atom. The number of benzene rings is 1. The molecule has 1 aromatic carbocycles. The molecular formula is C17H20ClNO2. The topological polar surface area (TPSA) is 40.5 Å². The molecule has 3 nitrogen and oxygen atoms in total. The van der Waals surface area contributed by atoms with E-state index in [9.17, 15) is 4.79 Å². The molecule has 1 fully saturated rings. The molecule has 0 aromatic heterocycles. The number of aliphatic hydroxyl groups excluding tert-OH is 1.